The molecule has 0 aliphatic carbocycles. The van der Waals surface area contributed by atoms with E-state index in [1.165, 1.54) is 4.68 Å². The molecule has 1 aromatic carbocycles. The molecular formula is C15H13Cl2N5O2S. The number of nitrogens with zero attached hydrogens (tertiary/aromatic N) is 3. The van der Waals surface area contributed by atoms with Crippen molar-refractivity contribution < 1.29 is 9.21 Å². The van der Waals surface area contributed by atoms with E-state index in [0.717, 1.165) is 17.3 Å². The Bertz CT molecular complexity index is 925. The van der Waals surface area contributed by atoms with E-state index in [2.05, 4.69) is 15.5 Å². The van der Waals surface area contributed by atoms with Crippen LogP contribution in [0.2, 0.25) is 10.0 Å². The normalized spacial score (nSPS) is 10.8. The number of anilines is 1. The molecule has 0 fully saturated rings. The summed E-state index contributed by atoms with van der Waals surface area (Å²) in [7, 11) is 0. The van der Waals surface area contributed by atoms with Crippen molar-refractivity contribution in [3.63, 3.8) is 0 Å². The molecule has 0 aliphatic heterocycles. The van der Waals surface area contributed by atoms with E-state index in [9.17, 15) is 4.79 Å². The Labute approximate surface area is 157 Å². The number of carbonyl (C=O) groups excluding carboxylic acids is 1. The van der Waals surface area contributed by atoms with Crippen LogP contribution in [0.3, 0.4) is 0 Å². The number of benzene rings is 1. The molecule has 25 heavy (non-hydrogen) atoms. The van der Waals surface area contributed by atoms with Gasteiger partial charge in [0.05, 0.1) is 28.3 Å². The maximum Gasteiger partial charge on any atom is 0.234 e. The maximum absolute atomic E-state index is 12.1. The number of halogens is 2. The monoisotopic (exact) mass is 397 g/mol. The Kier molecular flexibility index (Phi) is 5.22. The molecule has 3 N–H and O–H groups in total. The minimum absolute atomic E-state index is 0.0859. The van der Waals surface area contributed by atoms with Gasteiger partial charge in [0.25, 0.3) is 0 Å². The van der Waals surface area contributed by atoms with Crippen molar-refractivity contribution in [1.29, 1.82) is 0 Å². The zero-order valence-electron chi connectivity index (χ0n) is 13.0. The fourth-order valence-electron chi connectivity index (χ4n) is 2.09. The molecule has 3 aromatic rings. The highest BCUT2D eigenvalue weighted by Gasteiger charge is 2.17. The first kappa shape index (κ1) is 17.7. The molecule has 1 amide bonds. The third-order valence-corrected chi connectivity index (χ3v) is 4.81. The van der Waals surface area contributed by atoms with Crippen molar-refractivity contribution >= 4 is 46.6 Å². The van der Waals surface area contributed by atoms with E-state index in [0.29, 0.717) is 32.5 Å². The summed E-state index contributed by atoms with van der Waals surface area (Å²) in [5, 5.41) is 12.0. The number of nitrogens with one attached hydrogen (secondary N) is 1. The first-order chi connectivity index (χ1) is 12.0. The Morgan fingerprint density at radius 3 is 2.88 bits per heavy atom. The Hall–Kier alpha value is -2.16. The van der Waals surface area contributed by atoms with Gasteiger partial charge in [0, 0.05) is 5.02 Å². The number of thioether (sulfide) groups is 1. The summed E-state index contributed by atoms with van der Waals surface area (Å²) in [6.07, 6.45) is 1.55. The van der Waals surface area contributed by atoms with Crippen molar-refractivity contribution in [2.24, 2.45) is 0 Å². The first-order valence-corrected chi connectivity index (χ1v) is 8.82. The van der Waals surface area contributed by atoms with E-state index in [-0.39, 0.29) is 11.7 Å². The predicted molar refractivity (Wildman–Crippen MR) is 98.4 cm³/mol. The van der Waals surface area contributed by atoms with Gasteiger partial charge in [0.1, 0.15) is 5.76 Å². The summed E-state index contributed by atoms with van der Waals surface area (Å²) >= 11 is 13.1. The Balaban J connectivity index is 1.66. The highest BCUT2D eigenvalue weighted by molar-refractivity contribution is 7.99. The summed E-state index contributed by atoms with van der Waals surface area (Å²) in [4.78, 5) is 12.1. The van der Waals surface area contributed by atoms with Crippen LogP contribution in [0.4, 0.5) is 5.69 Å². The molecule has 2 heterocycles. The fourth-order valence-corrected chi connectivity index (χ4v) is 3.08. The van der Waals surface area contributed by atoms with Crippen molar-refractivity contribution in [2.75, 3.05) is 16.9 Å². The third-order valence-electron chi connectivity index (χ3n) is 3.30. The maximum atomic E-state index is 12.1. The molecule has 0 radical (unpaired) electrons. The molecule has 2 aromatic heterocycles. The first-order valence-electron chi connectivity index (χ1n) is 7.08. The molecule has 0 saturated carbocycles. The number of rotatable bonds is 5. The SMILES string of the molecule is Cc1occc1-c1nnc(SCC(=O)Nc2cc(Cl)ccc2Cl)n1N. The van der Waals surface area contributed by atoms with Crippen LogP contribution in [0.5, 0.6) is 0 Å². The molecule has 10 heteroatoms. The largest absolute Gasteiger partial charge is 0.469 e. The van der Waals surface area contributed by atoms with E-state index >= 15 is 0 Å². The van der Waals surface area contributed by atoms with Gasteiger partial charge in [-0.3, -0.25) is 4.79 Å². The third kappa shape index (κ3) is 3.92. The molecule has 3 rings (SSSR count). The zero-order chi connectivity index (χ0) is 18.0. The van der Waals surface area contributed by atoms with E-state index in [1.807, 2.05) is 0 Å². The molecule has 0 aliphatic rings. The molecule has 7 nitrogen and oxygen atoms in total. The lowest BCUT2D eigenvalue weighted by molar-refractivity contribution is -0.113. The standard InChI is InChI=1S/C15H13Cl2N5O2S/c1-8-10(4-5-24-8)14-20-21-15(22(14)18)25-7-13(23)19-12-6-9(16)2-3-11(12)17/h2-6H,7,18H2,1H3,(H,19,23). The number of aromatic nitrogens is 3. The van der Waals surface area contributed by atoms with Gasteiger partial charge in [-0.15, -0.1) is 10.2 Å². The van der Waals surface area contributed by atoms with Crippen LogP contribution in [-0.4, -0.2) is 26.5 Å². The topological polar surface area (TPSA) is 99.0 Å². The number of amides is 1. The van der Waals surface area contributed by atoms with Gasteiger partial charge >= 0.3 is 0 Å². The average molecular weight is 398 g/mol. The lowest BCUT2D eigenvalue weighted by Gasteiger charge is -2.07. The summed E-state index contributed by atoms with van der Waals surface area (Å²) in [6, 6.07) is 6.59. The van der Waals surface area contributed by atoms with E-state index in [4.69, 9.17) is 33.5 Å². The number of carbonyl (C=O) groups is 1. The summed E-state index contributed by atoms with van der Waals surface area (Å²) in [5.74, 6) is 6.97. The number of hydrogen-bond donors (Lipinski definition) is 2. The molecule has 0 spiro atoms. The highest BCUT2D eigenvalue weighted by atomic mass is 35.5. The van der Waals surface area contributed by atoms with Crippen LogP contribution < -0.4 is 11.2 Å². The second kappa shape index (κ2) is 7.38. The van der Waals surface area contributed by atoms with Gasteiger partial charge in [-0.1, -0.05) is 35.0 Å². The number of hydrogen-bond acceptors (Lipinski definition) is 6. The van der Waals surface area contributed by atoms with Crippen molar-refractivity contribution in [3.05, 3.63) is 46.3 Å². The van der Waals surface area contributed by atoms with Crippen molar-refractivity contribution in [1.82, 2.24) is 14.9 Å². The van der Waals surface area contributed by atoms with Crippen molar-refractivity contribution in [2.45, 2.75) is 12.1 Å². The van der Waals surface area contributed by atoms with Crippen LogP contribution in [0.25, 0.3) is 11.4 Å². The van der Waals surface area contributed by atoms with Crippen LogP contribution in [0.1, 0.15) is 5.76 Å². The highest BCUT2D eigenvalue weighted by Crippen LogP contribution is 2.27. The van der Waals surface area contributed by atoms with Crippen LogP contribution in [-0.2, 0) is 4.79 Å². The van der Waals surface area contributed by atoms with Crippen LogP contribution in [0, 0.1) is 6.92 Å². The second-order valence-electron chi connectivity index (χ2n) is 5.03. The Morgan fingerprint density at radius 1 is 1.36 bits per heavy atom. The summed E-state index contributed by atoms with van der Waals surface area (Å²) in [5.41, 5.74) is 1.20. The molecule has 0 saturated heterocycles. The fraction of sp³-hybridized carbons (Fsp3) is 0.133. The summed E-state index contributed by atoms with van der Waals surface area (Å²) < 4.78 is 6.56. The van der Waals surface area contributed by atoms with Crippen molar-refractivity contribution in [3.8, 4) is 11.4 Å². The Morgan fingerprint density at radius 2 is 2.16 bits per heavy atom. The van der Waals surface area contributed by atoms with E-state index in [1.54, 1.807) is 37.5 Å². The lowest BCUT2D eigenvalue weighted by Crippen LogP contribution is -2.16. The minimum atomic E-state index is -0.266. The van der Waals surface area contributed by atoms with Crippen LogP contribution in [0.15, 0.2) is 40.1 Å². The average Bonchev–Trinajstić information content (AvgIpc) is 3.14. The quantitative estimate of drug-likeness (QED) is 0.503. The molecular weight excluding hydrogens is 385 g/mol. The number of nitrogens with two attached hydrogens (primary N) is 1. The number of furan rings is 1. The summed E-state index contributed by atoms with van der Waals surface area (Å²) in [6.45, 7) is 1.80. The molecule has 0 bridgehead atoms. The smallest absolute Gasteiger partial charge is 0.234 e. The second-order valence-corrected chi connectivity index (χ2v) is 6.81. The molecule has 0 unspecified atom stereocenters. The number of aryl methyl sites for hydroxylation is 1. The van der Waals surface area contributed by atoms with Gasteiger partial charge in [-0.2, -0.15) is 0 Å². The minimum Gasteiger partial charge on any atom is -0.469 e. The zero-order valence-corrected chi connectivity index (χ0v) is 15.3. The van der Waals surface area contributed by atoms with Gasteiger partial charge < -0.3 is 15.6 Å². The molecule has 0 atom stereocenters. The van der Waals surface area contributed by atoms with Crippen LogP contribution >= 0.6 is 35.0 Å². The number of nitrogen functional groups attached to an aromatic ring is 1. The van der Waals surface area contributed by atoms with E-state index < -0.39 is 0 Å². The molecule has 130 valence electrons. The predicted octanol–water partition coefficient (Wildman–Crippen LogP) is 3.60. The van der Waals surface area contributed by atoms with Gasteiger partial charge in [-0.25, -0.2) is 4.68 Å². The van der Waals surface area contributed by atoms with Gasteiger partial charge in [-0.05, 0) is 31.2 Å². The van der Waals surface area contributed by atoms with Gasteiger partial charge in [0.2, 0.25) is 11.1 Å². The van der Waals surface area contributed by atoms with Gasteiger partial charge in [0.15, 0.2) is 5.82 Å². The lowest BCUT2D eigenvalue weighted by atomic mass is 10.2.